The summed E-state index contributed by atoms with van der Waals surface area (Å²) in [6.07, 6.45) is 0. The molecule has 108 valence electrons. The van der Waals surface area contributed by atoms with E-state index in [0.29, 0.717) is 13.4 Å². The van der Waals surface area contributed by atoms with Gasteiger partial charge >= 0.3 is 0 Å². The summed E-state index contributed by atoms with van der Waals surface area (Å²) >= 11 is 0. The first-order chi connectivity index (χ1) is 8.61. The second-order valence-corrected chi connectivity index (χ2v) is 5.13. The van der Waals surface area contributed by atoms with Crippen LogP contribution in [0.15, 0.2) is 60.7 Å². The van der Waals surface area contributed by atoms with Gasteiger partial charge in [0.25, 0.3) is 0 Å². The number of hydrogen-bond acceptors (Lipinski definition) is 0. The maximum Gasteiger partial charge on any atom is 0.169 e. The Morgan fingerprint density at radius 2 is 0.750 bits per heavy atom. The van der Waals surface area contributed by atoms with Crippen LogP contribution in [0.25, 0.3) is 0 Å². The summed E-state index contributed by atoms with van der Waals surface area (Å²) in [5.74, 6) is 0. The summed E-state index contributed by atoms with van der Waals surface area (Å²) in [7, 11) is 0. The maximum absolute atomic E-state index is 2.20. The van der Waals surface area contributed by atoms with Gasteiger partial charge in [-0.2, -0.15) is 0 Å². The average Bonchev–Trinajstić information content (AvgIpc) is 2.41. The van der Waals surface area contributed by atoms with Crippen molar-refractivity contribution in [2.24, 2.45) is 0 Å². The minimum Gasteiger partial charge on any atom is -0.147 e. The van der Waals surface area contributed by atoms with Crippen molar-refractivity contribution in [1.82, 2.24) is 0 Å². The van der Waals surface area contributed by atoms with Crippen molar-refractivity contribution in [3.05, 3.63) is 60.7 Å². The Kier molecular flexibility index (Phi) is 12.8. The second kappa shape index (κ2) is 11.9. The van der Waals surface area contributed by atoms with Gasteiger partial charge in [0.05, 0.1) is 0 Å². The smallest absolute Gasteiger partial charge is 0.147 e. The van der Waals surface area contributed by atoms with Crippen molar-refractivity contribution in [2.75, 3.05) is 0 Å². The SMILES string of the molecule is CB(C)c1ccccc1.CB(C)c1ccccc1.Cl.Cl. The molecule has 0 radical (unpaired) electrons. The van der Waals surface area contributed by atoms with E-state index in [1.807, 2.05) is 12.1 Å². The van der Waals surface area contributed by atoms with Gasteiger partial charge in [0.2, 0.25) is 0 Å². The summed E-state index contributed by atoms with van der Waals surface area (Å²) in [5.41, 5.74) is 2.83. The minimum absolute atomic E-state index is 0. The summed E-state index contributed by atoms with van der Waals surface area (Å²) in [6.45, 7) is 10.1. The molecule has 0 aromatic heterocycles. The summed E-state index contributed by atoms with van der Waals surface area (Å²) in [6, 6.07) is 21.0. The van der Waals surface area contributed by atoms with Gasteiger partial charge in [0.1, 0.15) is 0 Å². The third kappa shape index (κ3) is 8.35. The van der Waals surface area contributed by atoms with Crippen LogP contribution in [0.3, 0.4) is 0 Å². The minimum atomic E-state index is 0. The van der Waals surface area contributed by atoms with Crippen LogP contribution in [0, 0.1) is 0 Å². The summed E-state index contributed by atoms with van der Waals surface area (Å²) in [4.78, 5) is 0. The molecule has 0 fully saturated rings. The number of rotatable bonds is 2. The van der Waals surface area contributed by atoms with E-state index < -0.39 is 0 Å². The zero-order valence-electron chi connectivity index (χ0n) is 12.7. The highest BCUT2D eigenvalue weighted by Crippen LogP contribution is 1.86. The van der Waals surface area contributed by atoms with E-state index in [9.17, 15) is 0 Å². The zero-order valence-corrected chi connectivity index (χ0v) is 14.4. The molecule has 0 unspecified atom stereocenters. The highest BCUT2D eigenvalue weighted by atomic mass is 35.5. The predicted octanol–water partition coefficient (Wildman–Crippen LogP) is 4.14. The molecule has 2 aromatic carbocycles. The Morgan fingerprint density at radius 1 is 0.500 bits per heavy atom. The molecule has 0 bridgehead atoms. The van der Waals surface area contributed by atoms with Gasteiger partial charge in [0, 0.05) is 0 Å². The third-order valence-corrected chi connectivity index (χ3v) is 2.93. The van der Waals surface area contributed by atoms with Gasteiger partial charge in [-0.3, -0.25) is 0 Å². The lowest BCUT2D eigenvalue weighted by molar-refractivity contribution is 1.74. The van der Waals surface area contributed by atoms with Crippen LogP contribution < -0.4 is 10.9 Å². The maximum atomic E-state index is 2.20. The molecule has 0 heterocycles. The monoisotopic (exact) mass is 308 g/mol. The van der Waals surface area contributed by atoms with Crippen molar-refractivity contribution < 1.29 is 0 Å². The fourth-order valence-electron chi connectivity index (χ4n) is 1.68. The van der Waals surface area contributed by atoms with Gasteiger partial charge < -0.3 is 0 Å². The highest BCUT2D eigenvalue weighted by molar-refractivity contribution is 6.71. The van der Waals surface area contributed by atoms with Crippen LogP contribution in [-0.4, -0.2) is 13.4 Å². The van der Waals surface area contributed by atoms with Gasteiger partial charge in [-0.1, -0.05) is 98.9 Å². The van der Waals surface area contributed by atoms with Crippen LogP contribution in [0.4, 0.5) is 0 Å². The first-order valence-electron chi connectivity index (χ1n) is 6.71. The van der Waals surface area contributed by atoms with Crippen molar-refractivity contribution in [1.29, 1.82) is 0 Å². The first kappa shape index (κ1) is 21.4. The molecule has 2 aromatic rings. The molecule has 0 aliphatic rings. The zero-order chi connectivity index (χ0) is 13.4. The predicted molar refractivity (Wildman–Crippen MR) is 102 cm³/mol. The van der Waals surface area contributed by atoms with E-state index >= 15 is 0 Å². The Bertz CT molecular complexity index is 387. The van der Waals surface area contributed by atoms with Crippen molar-refractivity contribution >= 4 is 49.2 Å². The van der Waals surface area contributed by atoms with Crippen LogP contribution in [0.5, 0.6) is 0 Å². The van der Waals surface area contributed by atoms with Crippen molar-refractivity contribution in [3.63, 3.8) is 0 Å². The Balaban J connectivity index is 0. The van der Waals surface area contributed by atoms with Gasteiger partial charge in [-0.05, 0) is 0 Å². The van der Waals surface area contributed by atoms with E-state index in [1.54, 1.807) is 0 Å². The lowest BCUT2D eigenvalue weighted by Crippen LogP contribution is -2.21. The lowest BCUT2D eigenvalue weighted by atomic mass is 9.49. The Hall–Kier alpha value is -0.850. The van der Waals surface area contributed by atoms with Gasteiger partial charge in [0.15, 0.2) is 13.4 Å². The fraction of sp³-hybridized carbons (Fsp3) is 0.250. The fourth-order valence-corrected chi connectivity index (χ4v) is 1.68. The first-order valence-corrected chi connectivity index (χ1v) is 6.71. The molecule has 4 heteroatoms. The molecule has 0 saturated heterocycles. The molecule has 2 rings (SSSR count). The molecule has 0 nitrogen and oxygen atoms in total. The van der Waals surface area contributed by atoms with Gasteiger partial charge in [-0.15, -0.1) is 24.8 Å². The summed E-state index contributed by atoms with van der Waals surface area (Å²) in [5, 5.41) is 0. The molecular weight excluding hydrogens is 285 g/mol. The van der Waals surface area contributed by atoms with Gasteiger partial charge in [-0.25, -0.2) is 0 Å². The molecule has 0 aliphatic carbocycles. The average molecular weight is 309 g/mol. The van der Waals surface area contributed by atoms with Crippen molar-refractivity contribution in [2.45, 2.75) is 27.3 Å². The molecule has 0 amide bonds. The molecule has 0 atom stereocenters. The number of halogens is 2. The second-order valence-electron chi connectivity index (χ2n) is 5.13. The topological polar surface area (TPSA) is 0 Å². The van der Waals surface area contributed by atoms with Crippen LogP contribution in [0.2, 0.25) is 27.3 Å². The molecular formula is C16H24B2Cl2. The third-order valence-electron chi connectivity index (χ3n) is 2.93. The lowest BCUT2D eigenvalue weighted by Gasteiger charge is -1.98. The Labute approximate surface area is 137 Å². The van der Waals surface area contributed by atoms with Crippen LogP contribution in [0.1, 0.15) is 0 Å². The van der Waals surface area contributed by atoms with E-state index in [2.05, 4.69) is 75.8 Å². The van der Waals surface area contributed by atoms with Crippen LogP contribution >= 0.6 is 24.8 Å². The highest BCUT2D eigenvalue weighted by Gasteiger charge is 1.99. The molecule has 0 aliphatic heterocycles. The van der Waals surface area contributed by atoms with E-state index in [1.165, 1.54) is 10.9 Å². The standard InChI is InChI=1S/2C8H11B.2ClH/c2*1-9(2)8-6-4-3-5-7-8;;/h2*3-7H,1-2H3;2*1H. The molecule has 20 heavy (non-hydrogen) atoms. The molecule has 0 saturated carbocycles. The summed E-state index contributed by atoms with van der Waals surface area (Å²) < 4.78 is 0. The normalized spacial score (nSPS) is 8.20. The van der Waals surface area contributed by atoms with E-state index in [4.69, 9.17) is 0 Å². The van der Waals surface area contributed by atoms with Crippen molar-refractivity contribution in [3.8, 4) is 0 Å². The largest absolute Gasteiger partial charge is 0.169 e. The van der Waals surface area contributed by atoms with E-state index in [0.717, 1.165) is 0 Å². The quantitative estimate of drug-likeness (QED) is 0.732. The molecule has 0 N–H and O–H groups in total. The van der Waals surface area contributed by atoms with Crippen LogP contribution in [-0.2, 0) is 0 Å². The number of hydrogen-bond donors (Lipinski definition) is 0. The van der Waals surface area contributed by atoms with E-state index in [-0.39, 0.29) is 24.8 Å². The Morgan fingerprint density at radius 3 is 0.900 bits per heavy atom. The number of benzene rings is 2. The molecule has 0 spiro atoms.